The van der Waals surface area contributed by atoms with Crippen molar-refractivity contribution in [2.24, 2.45) is 0 Å². The zero-order valence-electron chi connectivity index (χ0n) is 10.4. The molecule has 0 radical (unpaired) electrons. The minimum Gasteiger partial charge on any atom is -0.507 e. The smallest absolute Gasteiger partial charge is 0.376 e. The highest BCUT2D eigenvalue weighted by atomic mass is 16.5. The Bertz CT molecular complexity index is 528. The Morgan fingerprint density at radius 2 is 1.78 bits per heavy atom. The van der Waals surface area contributed by atoms with Gasteiger partial charge in [-0.2, -0.15) is 0 Å². The zero-order chi connectivity index (χ0) is 13.9. The molecule has 0 saturated heterocycles. The summed E-state index contributed by atoms with van der Waals surface area (Å²) in [6.07, 6.45) is 0.691. The molecule has 2 N–H and O–H groups in total. The highest BCUT2D eigenvalue weighted by Crippen LogP contribution is 2.26. The molecule has 0 amide bonds. The van der Waals surface area contributed by atoms with Gasteiger partial charge in [-0.3, -0.25) is 4.79 Å². The van der Waals surface area contributed by atoms with E-state index in [2.05, 4.69) is 0 Å². The lowest BCUT2D eigenvalue weighted by atomic mass is 10.0. The van der Waals surface area contributed by atoms with E-state index >= 15 is 0 Å². The van der Waals surface area contributed by atoms with Gasteiger partial charge in [0.15, 0.2) is 0 Å². The lowest BCUT2D eigenvalue weighted by Gasteiger charge is -2.10. The highest BCUT2D eigenvalue weighted by molar-refractivity contribution is 6.38. The van der Waals surface area contributed by atoms with Crippen molar-refractivity contribution in [3.63, 3.8) is 0 Å². The number of carbonyl (C=O) groups excluding carboxylic acids is 1. The molecule has 96 valence electrons. The van der Waals surface area contributed by atoms with Crippen molar-refractivity contribution >= 4 is 17.5 Å². The van der Waals surface area contributed by atoms with E-state index in [1.165, 1.54) is 7.11 Å². The van der Waals surface area contributed by atoms with Crippen molar-refractivity contribution in [3.05, 3.63) is 34.9 Å². The van der Waals surface area contributed by atoms with Crippen molar-refractivity contribution in [1.29, 1.82) is 0 Å². The third kappa shape index (κ3) is 2.88. The molecular formula is C13H14O5. The number of ether oxygens (including phenoxy) is 1. The van der Waals surface area contributed by atoms with E-state index in [0.717, 1.165) is 5.56 Å². The molecule has 1 aromatic carbocycles. The number of carboxylic acid groups (broad SMARTS) is 1. The van der Waals surface area contributed by atoms with Crippen LogP contribution in [-0.4, -0.2) is 29.1 Å². The van der Waals surface area contributed by atoms with Gasteiger partial charge in [-0.1, -0.05) is 0 Å². The maximum absolute atomic E-state index is 11.0. The topological polar surface area (TPSA) is 83.8 Å². The molecule has 0 aliphatic rings. The van der Waals surface area contributed by atoms with Crippen LogP contribution >= 0.6 is 0 Å². The van der Waals surface area contributed by atoms with Crippen LogP contribution in [0, 0.1) is 13.8 Å². The molecule has 0 heterocycles. The first-order valence-corrected chi connectivity index (χ1v) is 5.20. The van der Waals surface area contributed by atoms with Crippen LogP contribution in [0.2, 0.25) is 0 Å². The van der Waals surface area contributed by atoms with E-state index in [0.29, 0.717) is 23.0 Å². The van der Waals surface area contributed by atoms with Crippen LogP contribution in [0.4, 0.5) is 0 Å². The Morgan fingerprint density at radius 1 is 1.17 bits per heavy atom. The fourth-order valence-electron chi connectivity index (χ4n) is 1.55. The summed E-state index contributed by atoms with van der Waals surface area (Å²) < 4.78 is 5.12. The second-order valence-corrected chi connectivity index (χ2v) is 3.84. The van der Waals surface area contributed by atoms with E-state index in [4.69, 9.17) is 9.84 Å². The number of rotatable bonds is 4. The van der Waals surface area contributed by atoms with Crippen LogP contribution in [0.15, 0.2) is 18.2 Å². The second kappa shape index (κ2) is 5.35. The summed E-state index contributed by atoms with van der Waals surface area (Å²) >= 11 is 0. The van der Waals surface area contributed by atoms with Gasteiger partial charge in [0, 0.05) is 11.6 Å². The summed E-state index contributed by atoms with van der Waals surface area (Å²) in [4.78, 5) is 21.4. The minimum absolute atomic E-state index is 0.370. The van der Waals surface area contributed by atoms with Crippen LogP contribution in [0.3, 0.4) is 0 Å². The summed E-state index contributed by atoms with van der Waals surface area (Å²) in [5, 5.41) is 18.2. The molecule has 0 aromatic heterocycles. The van der Waals surface area contributed by atoms with Crippen molar-refractivity contribution in [3.8, 4) is 5.75 Å². The summed E-state index contributed by atoms with van der Waals surface area (Å²) in [5.41, 5.74) is 1.87. The molecule has 0 aliphatic heterocycles. The van der Waals surface area contributed by atoms with Gasteiger partial charge in [0.05, 0.1) is 7.11 Å². The van der Waals surface area contributed by atoms with Gasteiger partial charge in [-0.25, -0.2) is 4.79 Å². The molecule has 5 heteroatoms. The minimum atomic E-state index is -1.61. The third-order valence-corrected chi connectivity index (χ3v) is 2.50. The summed E-state index contributed by atoms with van der Waals surface area (Å²) in [6, 6.07) is 3.34. The van der Waals surface area contributed by atoms with Crippen molar-refractivity contribution in [2.45, 2.75) is 13.8 Å². The van der Waals surface area contributed by atoms with Gasteiger partial charge in [0.1, 0.15) is 11.5 Å². The predicted octanol–water partition coefficient (Wildman–Crippen LogP) is 1.86. The molecule has 0 unspecified atom stereocenters. The molecule has 18 heavy (non-hydrogen) atoms. The van der Waals surface area contributed by atoms with Crippen LogP contribution < -0.4 is 4.74 Å². The lowest BCUT2D eigenvalue weighted by molar-refractivity contribution is -0.146. The van der Waals surface area contributed by atoms with Crippen molar-refractivity contribution in [2.75, 3.05) is 7.11 Å². The molecule has 0 bridgehead atoms. The number of hydrogen-bond donors (Lipinski definition) is 2. The monoisotopic (exact) mass is 250 g/mol. The van der Waals surface area contributed by atoms with Gasteiger partial charge in [-0.05, 0) is 37.1 Å². The molecule has 1 rings (SSSR count). The SMILES string of the molecule is COc1cc(C)c(C(O)=CC(=O)C(=O)O)cc1C. The Labute approximate surface area is 104 Å². The number of carbonyl (C=O) groups is 2. The Hall–Kier alpha value is -2.30. The van der Waals surface area contributed by atoms with Gasteiger partial charge < -0.3 is 14.9 Å². The molecule has 0 saturated carbocycles. The number of aryl methyl sites for hydroxylation is 2. The molecule has 0 aliphatic carbocycles. The largest absolute Gasteiger partial charge is 0.507 e. The molecule has 1 aromatic rings. The number of benzene rings is 1. The molecular weight excluding hydrogens is 236 g/mol. The van der Waals surface area contributed by atoms with Crippen LogP contribution in [-0.2, 0) is 9.59 Å². The van der Waals surface area contributed by atoms with Crippen LogP contribution in [0.1, 0.15) is 16.7 Å². The maximum Gasteiger partial charge on any atom is 0.376 e. The Morgan fingerprint density at radius 3 is 2.28 bits per heavy atom. The van der Waals surface area contributed by atoms with Gasteiger partial charge in [0.25, 0.3) is 5.78 Å². The standard InChI is InChI=1S/C13H14O5/c1-7-5-12(18-3)8(2)4-9(7)10(14)6-11(15)13(16)17/h4-6,14H,1-3H3,(H,16,17). The Balaban J connectivity index is 3.22. The Kier molecular flexibility index (Phi) is 4.09. The number of aliphatic hydroxyl groups is 1. The molecule has 0 spiro atoms. The zero-order valence-corrected chi connectivity index (χ0v) is 10.4. The third-order valence-electron chi connectivity index (χ3n) is 2.50. The molecule has 0 atom stereocenters. The van der Waals surface area contributed by atoms with E-state index in [1.807, 2.05) is 0 Å². The fourth-order valence-corrected chi connectivity index (χ4v) is 1.55. The normalized spacial score (nSPS) is 11.2. The van der Waals surface area contributed by atoms with Crippen LogP contribution in [0.5, 0.6) is 5.75 Å². The van der Waals surface area contributed by atoms with Crippen molar-refractivity contribution < 1.29 is 24.5 Å². The number of ketones is 1. The first kappa shape index (κ1) is 13.8. The first-order valence-electron chi connectivity index (χ1n) is 5.20. The van der Waals surface area contributed by atoms with Crippen LogP contribution in [0.25, 0.3) is 5.76 Å². The van der Waals surface area contributed by atoms with Gasteiger partial charge in [0.2, 0.25) is 0 Å². The second-order valence-electron chi connectivity index (χ2n) is 3.84. The number of aliphatic carboxylic acids is 1. The average molecular weight is 250 g/mol. The van der Waals surface area contributed by atoms with E-state index in [1.54, 1.807) is 26.0 Å². The highest BCUT2D eigenvalue weighted by Gasteiger charge is 2.13. The summed E-state index contributed by atoms with van der Waals surface area (Å²) in [7, 11) is 1.53. The van der Waals surface area contributed by atoms with E-state index in [-0.39, 0.29) is 5.76 Å². The number of hydrogen-bond acceptors (Lipinski definition) is 4. The van der Waals surface area contributed by atoms with Gasteiger partial charge in [-0.15, -0.1) is 0 Å². The average Bonchev–Trinajstić information content (AvgIpc) is 2.31. The van der Waals surface area contributed by atoms with Crippen molar-refractivity contribution in [1.82, 2.24) is 0 Å². The predicted molar refractivity (Wildman–Crippen MR) is 65.7 cm³/mol. The summed E-state index contributed by atoms with van der Waals surface area (Å²) in [5.74, 6) is -2.48. The molecule has 5 nitrogen and oxygen atoms in total. The first-order chi connectivity index (χ1) is 8.36. The fraction of sp³-hybridized carbons (Fsp3) is 0.231. The van der Waals surface area contributed by atoms with E-state index in [9.17, 15) is 14.7 Å². The number of carboxylic acids is 1. The number of aliphatic hydroxyl groups excluding tert-OH is 1. The molecule has 0 fully saturated rings. The maximum atomic E-state index is 11.0. The van der Waals surface area contributed by atoms with Gasteiger partial charge >= 0.3 is 5.97 Å². The number of methoxy groups -OCH3 is 1. The summed E-state index contributed by atoms with van der Waals surface area (Å²) in [6.45, 7) is 3.51. The lowest BCUT2D eigenvalue weighted by Crippen LogP contribution is -2.09. The van der Waals surface area contributed by atoms with E-state index < -0.39 is 11.8 Å². The quantitative estimate of drug-likeness (QED) is 0.484.